The van der Waals surface area contributed by atoms with E-state index in [1.165, 1.54) is 11.3 Å². The quantitative estimate of drug-likeness (QED) is 0.818. The smallest absolute Gasteiger partial charge is 0.116 e. The lowest BCUT2D eigenvalue weighted by molar-refractivity contribution is 0.224. The van der Waals surface area contributed by atoms with Crippen molar-refractivity contribution < 1.29 is 5.11 Å². The average molecular weight is 308 g/mol. The third-order valence-corrected chi connectivity index (χ3v) is 5.05. The molecule has 1 aromatic heterocycles. The largest absolute Gasteiger partial charge is 0.383 e. The van der Waals surface area contributed by atoms with E-state index in [1.54, 1.807) is 18.2 Å². The van der Waals surface area contributed by atoms with Gasteiger partial charge in [0.15, 0.2) is 0 Å². The van der Waals surface area contributed by atoms with E-state index in [0.717, 1.165) is 5.56 Å². The highest BCUT2D eigenvalue weighted by Crippen LogP contribution is 2.39. The van der Waals surface area contributed by atoms with E-state index in [2.05, 4.69) is 0 Å². The van der Waals surface area contributed by atoms with Crippen molar-refractivity contribution in [2.45, 2.75) is 13.0 Å². The highest BCUT2D eigenvalue weighted by Gasteiger charge is 2.20. The SMILES string of the molecule is Cc1csc(C(O)c2cccc(Cl)c2Cl)c1Cl. The number of hydrogen-bond acceptors (Lipinski definition) is 2. The van der Waals surface area contributed by atoms with Crippen molar-refractivity contribution in [3.63, 3.8) is 0 Å². The lowest BCUT2D eigenvalue weighted by Gasteiger charge is -2.12. The van der Waals surface area contributed by atoms with Crippen LogP contribution in [0.25, 0.3) is 0 Å². The average Bonchev–Trinajstić information content (AvgIpc) is 2.63. The van der Waals surface area contributed by atoms with Crippen molar-refractivity contribution in [3.05, 3.63) is 54.7 Å². The summed E-state index contributed by atoms with van der Waals surface area (Å²) in [5, 5.41) is 13.5. The molecule has 0 saturated heterocycles. The second kappa shape index (κ2) is 5.17. The summed E-state index contributed by atoms with van der Waals surface area (Å²) in [7, 11) is 0. The minimum absolute atomic E-state index is 0.365. The first-order valence-corrected chi connectivity index (χ1v) is 6.89. The second-order valence-electron chi connectivity index (χ2n) is 3.64. The van der Waals surface area contributed by atoms with Gasteiger partial charge < -0.3 is 5.11 Å². The molecule has 1 atom stereocenters. The molecule has 1 aromatic carbocycles. The van der Waals surface area contributed by atoms with Gasteiger partial charge in [-0.15, -0.1) is 11.3 Å². The lowest BCUT2D eigenvalue weighted by Crippen LogP contribution is -1.99. The predicted molar refractivity (Wildman–Crippen MR) is 74.6 cm³/mol. The van der Waals surface area contributed by atoms with Gasteiger partial charge in [-0.05, 0) is 23.9 Å². The fourth-order valence-electron chi connectivity index (χ4n) is 1.51. The van der Waals surface area contributed by atoms with Gasteiger partial charge in [0.1, 0.15) is 6.10 Å². The van der Waals surface area contributed by atoms with Gasteiger partial charge in [0.2, 0.25) is 0 Å². The highest BCUT2D eigenvalue weighted by atomic mass is 35.5. The lowest BCUT2D eigenvalue weighted by atomic mass is 10.1. The molecule has 1 heterocycles. The Morgan fingerprint density at radius 2 is 1.88 bits per heavy atom. The normalized spacial score (nSPS) is 12.8. The first kappa shape index (κ1) is 13.2. The maximum absolute atomic E-state index is 10.3. The van der Waals surface area contributed by atoms with Gasteiger partial charge in [-0.3, -0.25) is 0 Å². The number of benzene rings is 1. The van der Waals surface area contributed by atoms with Crippen molar-refractivity contribution in [2.75, 3.05) is 0 Å². The molecule has 0 aliphatic rings. The van der Waals surface area contributed by atoms with Crippen LogP contribution in [0.15, 0.2) is 23.6 Å². The van der Waals surface area contributed by atoms with Crippen LogP contribution in [-0.2, 0) is 0 Å². The molecule has 2 rings (SSSR count). The van der Waals surface area contributed by atoms with Crippen LogP contribution in [0.5, 0.6) is 0 Å². The van der Waals surface area contributed by atoms with E-state index in [4.69, 9.17) is 34.8 Å². The Bertz CT molecular complexity index is 551. The standard InChI is InChI=1S/C12H9Cl3OS/c1-6-5-17-12(9(6)14)11(16)7-3-2-4-8(13)10(7)15/h2-5,11,16H,1H3. The van der Waals surface area contributed by atoms with Gasteiger partial charge in [-0.25, -0.2) is 0 Å². The third kappa shape index (κ3) is 2.47. The number of hydrogen-bond donors (Lipinski definition) is 1. The molecule has 17 heavy (non-hydrogen) atoms. The van der Waals surface area contributed by atoms with Crippen LogP contribution in [0.4, 0.5) is 0 Å². The first-order valence-electron chi connectivity index (χ1n) is 4.88. The molecule has 1 N–H and O–H groups in total. The van der Waals surface area contributed by atoms with E-state index in [-0.39, 0.29) is 0 Å². The molecule has 90 valence electrons. The van der Waals surface area contributed by atoms with E-state index in [9.17, 15) is 5.11 Å². The zero-order valence-corrected chi connectivity index (χ0v) is 12.0. The summed E-state index contributed by atoms with van der Waals surface area (Å²) in [4.78, 5) is 0.688. The summed E-state index contributed by atoms with van der Waals surface area (Å²) in [6, 6.07) is 5.17. The third-order valence-electron chi connectivity index (χ3n) is 2.45. The summed E-state index contributed by atoms with van der Waals surface area (Å²) >= 11 is 19.5. The molecular formula is C12H9Cl3OS. The summed E-state index contributed by atoms with van der Waals surface area (Å²) in [6.07, 6.45) is -0.840. The molecule has 0 fully saturated rings. The van der Waals surface area contributed by atoms with Gasteiger partial charge in [-0.2, -0.15) is 0 Å². The Morgan fingerprint density at radius 1 is 1.18 bits per heavy atom. The molecule has 0 amide bonds. The number of aryl methyl sites for hydroxylation is 1. The molecule has 0 aliphatic heterocycles. The molecule has 2 aromatic rings. The molecule has 0 saturated carbocycles. The van der Waals surface area contributed by atoms with E-state index in [1.807, 2.05) is 12.3 Å². The van der Waals surface area contributed by atoms with Crippen molar-refractivity contribution >= 4 is 46.1 Å². The van der Waals surface area contributed by atoms with Crippen LogP contribution in [0.1, 0.15) is 22.1 Å². The van der Waals surface area contributed by atoms with Crippen LogP contribution < -0.4 is 0 Å². The topological polar surface area (TPSA) is 20.2 Å². The van der Waals surface area contributed by atoms with Gasteiger partial charge in [0.25, 0.3) is 0 Å². The molecule has 0 radical (unpaired) electrons. The Hall–Kier alpha value is -0.250. The Morgan fingerprint density at radius 3 is 2.47 bits per heavy atom. The van der Waals surface area contributed by atoms with Crippen molar-refractivity contribution in [2.24, 2.45) is 0 Å². The number of aliphatic hydroxyl groups excluding tert-OH is 1. The summed E-state index contributed by atoms with van der Waals surface area (Å²) in [6.45, 7) is 1.90. The van der Waals surface area contributed by atoms with Gasteiger partial charge in [0.05, 0.1) is 19.9 Å². The summed E-state index contributed by atoms with van der Waals surface area (Å²) in [5.41, 5.74) is 1.52. The van der Waals surface area contributed by atoms with E-state index >= 15 is 0 Å². The van der Waals surface area contributed by atoms with Crippen molar-refractivity contribution in [1.82, 2.24) is 0 Å². The van der Waals surface area contributed by atoms with Crippen LogP contribution >= 0.6 is 46.1 Å². The monoisotopic (exact) mass is 306 g/mol. The number of halogens is 3. The fourth-order valence-corrected chi connectivity index (χ4v) is 3.22. The highest BCUT2D eigenvalue weighted by molar-refractivity contribution is 7.10. The van der Waals surface area contributed by atoms with Gasteiger partial charge in [0, 0.05) is 5.56 Å². The Kier molecular flexibility index (Phi) is 4.01. The Labute approximate surface area is 119 Å². The number of aliphatic hydroxyl groups is 1. The summed E-state index contributed by atoms with van der Waals surface area (Å²) in [5.74, 6) is 0. The minimum atomic E-state index is -0.840. The van der Waals surface area contributed by atoms with Crippen LogP contribution in [-0.4, -0.2) is 5.11 Å². The first-order chi connectivity index (χ1) is 8.02. The zero-order chi connectivity index (χ0) is 12.6. The second-order valence-corrected chi connectivity index (χ2v) is 5.72. The van der Waals surface area contributed by atoms with Gasteiger partial charge in [-0.1, -0.05) is 46.9 Å². The molecule has 0 bridgehead atoms. The maximum atomic E-state index is 10.3. The van der Waals surface area contributed by atoms with Crippen molar-refractivity contribution in [3.8, 4) is 0 Å². The Balaban J connectivity index is 2.47. The van der Waals surface area contributed by atoms with Gasteiger partial charge >= 0.3 is 0 Å². The molecule has 0 aliphatic carbocycles. The molecule has 1 nitrogen and oxygen atoms in total. The van der Waals surface area contributed by atoms with Crippen LogP contribution in [0.3, 0.4) is 0 Å². The number of thiophene rings is 1. The molecule has 1 unspecified atom stereocenters. The predicted octanol–water partition coefficient (Wildman–Crippen LogP) is 5.10. The molecule has 5 heteroatoms. The molecule has 0 spiro atoms. The van der Waals surface area contributed by atoms with Crippen molar-refractivity contribution in [1.29, 1.82) is 0 Å². The zero-order valence-electron chi connectivity index (χ0n) is 8.88. The molecular weight excluding hydrogens is 299 g/mol. The van der Waals surface area contributed by atoms with Crippen LogP contribution in [0.2, 0.25) is 15.1 Å². The maximum Gasteiger partial charge on any atom is 0.116 e. The minimum Gasteiger partial charge on any atom is -0.383 e. The van der Waals surface area contributed by atoms with E-state index in [0.29, 0.717) is 25.5 Å². The number of rotatable bonds is 2. The summed E-state index contributed by atoms with van der Waals surface area (Å²) < 4.78 is 0. The van der Waals surface area contributed by atoms with Crippen LogP contribution in [0, 0.1) is 6.92 Å². The fraction of sp³-hybridized carbons (Fsp3) is 0.167. The van der Waals surface area contributed by atoms with E-state index < -0.39 is 6.10 Å².